The third kappa shape index (κ3) is 9.13. The number of nitrogens with one attached hydrogen (secondary N) is 4. The van der Waals surface area contributed by atoms with E-state index >= 15 is 0 Å². The van der Waals surface area contributed by atoms with Gasteiger partial charge < -0.3 is 42.6 Å². The highest BCUT2D eigenvalue weighted by atomic mass is 16.4. The molecule has 3 unspecified atom stereocenters. The summed E-state index contributed by atoms with van der Waals surface area (Å²) in [4.78, 5) is 66.3. The molecule has 0 fully saturated rings. The molecule has 14 nitrogen and oxygen atoms in total. The van der Waals surface area contributed by atoms with Gasteiger partial charge >= 0.3 is 5.97 Å². The van der Waals surface area contributed by atoms with Crippen LogP contribution in [0.15, 0.2) is 36.8 Å². The van der Waals surface area contributed by atoms with Gasteiger partial charge in [0.25, 0.3) is 0 Å². The summed E-state index contributed by atoms with van der Waals surface area (Å²) in [6.45, 7) is -0.501. The second-order valence-electron chi connectivity index (χ2n) is 7.67. The molecule has 0 aliphatic carbocycles. The number of phenols is 1. The summed E-state index contributed by atoms with van der Waals surface area (Å²) in [6, 6.07) is 2.32. The van der Waals surface area contributed by atoms with E-state index in [0.29, 0.717) is 11.3 Å². The molecule has 14 heteroatoms. The lowest BCUT2D eigenvalue weighted by molar-refractivity contribution is -0.143. The predicted molar refractivity (Wildman–Crippen MR) is 120 cm³/mol. The van der Waals surface area contributed by atoms with Crippen molar-refractivity contribution in [3.63, 3.8) is 0 Å². The second-order valence-corrected chi connectivity index (χ2v) is 7.67. The zero-order valence-corrected chi connectivity index (χ0v) is 18.6. The van der Waals surface area contributed by atoms with Crippen molar-refractivity contribution >= 4 is 29.6 Å². The zero-order chi connectivity index (χ0) is 26.0. The van der Waals surface area contributed by atoms with Crippen LogP contribution in [0.2, 0.25) is 0 Å². The number of carbonyl (C=O) groups excluding carboxylic acids is 4. The molecule has 0 aliphatic rings. The van der Waals surface area contributed by atoms with Crippen molar-refractivity contribution in [3.8, 4) is 5.75 Å². The van der Waals surface area contributed by atoms with E-state index in [-0.39, 0.29) is 18.6 Å². The Hall–Kier alpha value is -4.46. The average molecular weight is 489 g/mol. The van der Waals surface area contributed by atoms with Gasteiger partial charge in [-0.05, 0) is 24.1 Å². The Labute approximate surface area is 199 Å². The minimum Gasteiger partial charge on any atom is -0.508 e. The Morgan fingerprint density at radius 2 is 1.69 bits per heavy atom. The molecule has 3 atom stereocenters. The quantitative estimate of drug-likeness (QED) is 0.145. The number of amides is 4. The number of rotatable bonds is 13. The van der Waals surface area contributed by atoms with Gasteiger partial charge in [0.1, 0.15) is 17.8 Å². The lowest BCUT2D eigenvalue weighted by Crippen LogP contribution is -2.55. The van der Waals surface area contributed by atoms with Crippen molar-refractivity contribution in [1.82, 2.24) is 25.9 Å². The van der Waals surface area contributed by atoms with Crippen molar-refractivity contribution in [2.75, 3.05) is 6.54 Å². The van der Waals surface area contributed by atoms with E-state index in [2.05, 4.69) is 25.9 Å². The number of carbonyl (C=O) groups is 5. The minimum atomic E-state index is -1.58. The summed E-state index contributed by atoms with van der Waals surface area (Å²) in [7, 11) is 0. The van der Waals surface area contributed by atoms with Crippen LogP contribution in [0, 0.1) is 0 Å². The number of nitrogens with zero attached hydrogens (tertiary/aromatic N) is 1. The van der Waals surface area contributed by atoms with Gasteiger partial charge in [0, 0.05) is 18.3 Å². The van der Waals surface area contributed by atoms with Gasteiger partial charge in [-0.25, -0.2) is 9.78 Å². The van der Waals surface area contributed by atoms with Crippen molar-refractivity contribution in [2.45, 2.75) is 37.4 Å². The number of aliphatic carboxylic acids is 1. The standard InChI is InChI=1S/C21H27N7O7/c22-14(5-11-1-3-13(29)4-2-11)19(32)25-9-18(31)27-15(6-12-8-24-10-26-12)20(33)28-16(21(34)35)7-17(23)30/h1-4,8,10,14-16,29H,5-7,9,22H2,(H2,23,30)(H,24,26)(H,25,32)(H,27,31)(H,28,33)(H,34,35). The maximum Gasteiger partial charge on any atom is 0.326 e. The van der Waals surface area contributed by atoms with Crippen LogP contribution in [-0.2, 0) is 36.8 Å². The first kappa shape index (κ1) is 26.8. The van der Waals surface area contributed by atoms with Crippen LogP contribution >= 0.6 is 0 Å². The van der Waals surface area contributed by atoms with Gasteiger partial charge in [0.05, 0.1) is 25.3 Å². The minimum absolute atomic E-state index is 0.0708. The molecule has 188 valence electrons. The van der Waals surface area contributed by atoms with E-state index in [1.165, 1.54) is 24.7 Å². The Balaban J connectivity index is 1.96. The summed E-state index contributed by atoms with van der Waals surface area (Å²) >= 11 is 0. The molecule has 4 amide bonds. The number of aromatic nitrogens is 2. The van der Waals surface area contributed by atoms with Crippen LogP contribution in [0.5, 0.6) is 5.75 Å². The highest BCUT2D eigenvalue weighted by molar-refractivity contribution is 5.93. The monoisotopic (exact) mass is 489 g/mol. The maximum absolute atomic E-state index is 12.7. The number of aromatic hydroxyl groups is 1. The zero-order valence-electron chi connectivity index (χ0n) is 18.6. The van der Waals surface area contributed by atoms with Gasteiger partial charge in [-0.2, -0.15) is 0 Å². The number of hydrogen-bond acceptors (Lipinski definition) is 8. The normalized spacial score (nSPS) is 13.2. The number of imidazole rings is 1. The van der Waals surface area contributed by atoms with Crippen LogP contribution in [0.4, 0.5) is 0 Å². The van der Waals surface area contributed by atoms with E-state index < -0.39 is 60.7 Å². The summed E-state index contributed by atoms with van der Waals surface area (Å²) in [5, 5.41) is 25.5. The SMILES string of the molecule is NC(=O)CC(NC(=O)C(Cc1cnc[nH]1)NC(=O)CNC(=O)C(N)Cc1ccc(O)cc1)C(=O)O. The average Bonchev–Trinajstić information content (AvgIpc) is 3.30. The van der Waals surface area contributed by atoms with Crippen molar-refractivity contribution < 1.29 is 34.2 Å². The Morgan fingerprint density at radius 3 is 2.26 bits per heavy atom. The molecule has 0 radical (unpaired) electrons. The number of primary amides is 1. The third-order valence-electron chi connectivity index (χ3n) is 4.80. The third-order valence-corrected chi connectivity index (χ3v) is 4.80. The number of carboxylic acids is 1. The molecule has 1 aromatic heterocycles. The van der Waals surface area contributed by atoms with E-state index in [9.17, 15) is 34.2 Å². The summed E-state index contributed by atoms with van der Waals surface area (Å²) in [5.41, 5.74) is 12.1. The molecule has 1 aromatic carbocycles. The molecule has 35 heavy (non-hydrogen) atoms. The van der Waals surface area contributed by atoms with E-state index in [1.54, 1.807) is 12.1 Å². The van der Waals surface area contributed by atoms with Gasteiger partial charge in [-0.1, -0.05) is 12.1 Å². The summed E-state index contributed by atoms with van der Waals surface area (Å²) < 4.78 is 0. The van der Waals surface area contributed by atoms with E-state index in [0.717, 1.165) is 0 Å². The van der Waals surface area contributed by atoms with E-state index in [1.807, 2.05) is 0 Å². The number of hydrogen-bond donors (Lipinski definition) is 8. The summed E-state index contributed by atoms with van der Waals surface area (Å²) in [6.07, 6.45) is 2.22. The molecule has 2 rings (SSSR count). The molecule has 0 spiro atoms. The molecular weight excluding hydrogens is 462 g/mol. The highest BCUT2D eigenvalue weighted by Crippen LogP contribution is 2.10. The number of phenolic OH excluding ortho intramolecular Hbond substituents is 1. The van der Waals surface area contributed by atoms with Crippen molar-refractivity contribution in [3.05, 3.63) is 48.0 Å². The highest BCUT2D eigenvalue weighted by Gasteiger charge is 2.28. The van der Waals surface area contributed by atoms with Crippen LogP contribution in [0.3, 0.4) is 0 Å². The Bertz CT molecular complexity index is 1040. The predicted octanol–water partition coefficient (Wildman–Crippen LogP) is -2.73. The van der Waals surface area contributed by atoms with Crippen molar-refractivity contribution in [2.24, 2.45) is 11.5 Å². The fourth-order valence-corrected chi connectivity index (χ4v) is 3.02. The van der Waals surface area contributed by atoms with Crippen LogP contribution in [0.1, 0.15) is 17.7 Å². The molecule has 0 saturated heterocycles. The number of H-pyrrole nitrogens is 1. The number of aromatic amines is 1. The first-order chi connectivity index (χ1) is 16.5. The van der Waals surface area contributed by atoms with E-state index in [4.69, 9.17) is 11.5 Å². The van der Waals surface area contributed by atoms with Crippen LogP contribution in [0.25, 0.3) is 0 Å². The largest absolute Gasteiger partial charge is 0.508 e. The van der Waals surface area contributed by atoms with Gasteiger partial charge in [-0.15, -0.1) is 0 Å². The molecule has 0 aliphatic heterocycles. The Morgan fingerprint density at radius 1 is 1.00 bits per heavy atom. The molecule has 1 heterocycles. The molecule has 0 bridgehead atoms. The van der Waals surface area contributed by atoms with Gasteiger partial charge in [-0.3, -0.25) is 19.2 Å². The number of benzene rings is 1. The topological polar surface area (TPSA) is 243 Å². The molecule has 10 N–H and O–H groups in total. The number of carboxylic acid groups (broad SMARTS) is 1. The first-order valence-electron chi connectivity index (χ1n) is 10.4. The molecular formula is C21H27N7O7. The van der Waals surface area contributed by atoms with Crippen LogP contribution in [-0.4, -0.2) is 74.4 Å². The fraction of sp³-hybridized carbons (Fsp3) is 0.333. The smallest absolute Gasteiger partial charge is 0.326 e. The Kier molecular flexibility index (Phi) is 9.71. The van der Waals surface area contributed by atoms with Gasteiger partial charge in [0.2, 0.25) is 23.6 Å². The first-order valence-corrected chi connectivity index (χ1v) is 10.4. The van der Waals surface area contributed by atoms with Crippen LogP contribution < -0.4 is 27.4 Å². The summed E-state index contributed by atoms with van der Waals surface area (Å²) in [5.74, 6) is -4.57. The van der Waals surface area contributed by atoms with Crippen molar-refractivity contribution in [1.29, 1.82) is 0 Å². The lowest BCUT2D eigenvalue weighted by Gasteiger charge is -2.21. The molecule has 2 aromatic rings. The molecule has 0 saturated carbocycles. The second kappa shape index (κ2) is 12.7. The van der Waals surface area contributed by atoms with Gasteiger partial charge in [0.15, 0.2) is 0 Å². The lowest BCUT2D eigenvalue weighted by atomic mass is 10.1. The maximum atomic E-state index is 12.7. The fourth-order valence-electron chi connectivity index (χ4n) is 3.02. The number of nitrogens with two attached hydrogens (primary N) is 2.